The van der Waals surface area contributed by atoms with Gasteiger partial charge in [0.1, 0.15) is 6.61 Å². The molecule has 0 aliphatic heterocycles. The van der Waals surface area contributed by atoms with Crippen LogP contribution in [0.25, 0.3) is 0 Å². The molecule has 0 fully saturated rings. The van der Waals surface area contributed by atoms with Gasteiger partial charge in [-0.3, -0.25) is 0 Å². The first kappa shape index (κ1) is 11.4. The summed E-state index contributed by atoms with van der Waals surface area (Å²) in [6, 6.07) is 4.81. The second-order valence-corrected chi connectivity index (χ2v) is 4.45. The maximum Gasteiger partial charge on any atom is 0.169 e. The molecule has 0 heterocycles. The highest BCUT2D eigenvalue weighted by Crippen LogP contribution is 2.28. The summed E-state index contributed by atoms with van der Waals surface area (Å²) in [5.74, 6) is -0.0582. The second kappa shape index (κ2) is 5.30. The molecule has 0 saturated carbocycles. The van der Waals surface area contributed by atoms with Crippen LogP contribution in [-0.2, 0) is 0 Å². The summed E-state index contributed by atoms with van der Waals surface area (Å²) < 4.78 is 19.5. The zero-order valence-electron chi connectivity index (χ0n) is 8.75. The van der Waals surface area contributed by atoms with Crippen LogP contribution in [0.5, 0.6) is 5.75 Å². The van der Waals surface area contributed by atoms with Crippen LogP contribution in [0, 0.1) is 5.82 Å². The second-order valence-electron chi connectivity index (χ2n) is 3.60. The number of para-hydroxylation sites is 1. The fourth-order valence-electron chi connectivity index (χ4n) is 1.55. The van der Waals surface area contributed by atoms with E-state index in [0.29, 0.717) is 11.1 Å². The van der Waals surface area contributed by atoms with E-state index in [2.05, 4.69) is 28.1 Å². The molecule has 1 aliphatic rings. The van der Waals surface area contributed by atoms with Gasteiger partial charge in [0.15, 0.2) is 11.6 Å². The predicted molar refractivity (Wildman–Crippen MR) is 66.1 cm³/mol. The lowest BCUT2D eigenvalue weighted by molar-refractivity contribution is 0.332. The van der Waals surface area contributed by atoms with Crippen molar-refractivity contribution in [3.63, 3.8) is 0 Å². The molecule has 0 unspecified atom stereocenters. The molecule has 3 heteroatoms. The molecule has 1 aromatic rings. The molecular weight excluding hydrogens is 271 g/mol. The molecule has 1 nitrogen and oxygen atoms in total. The molecule has 0 bridgehead atoms. The van der Waals surface area contributed by atoms with Crippen LogP contribution in [0.1, 0.15) is 12.8 Å². The van der Waals surface area contributed by atoms with Crippen LogP contribution in [0.4, 0.5) is 4.39 Å². The first-order chi connectivity index (χ1) is 7.77. The molecule has 0 saturated heterocycles. The Morgan fingerprint density at radius 3 is 2.88 bits per heavy atom. The average Bonchev–Trinajstić information content (AvgIpc) is 2.30. The van der Waals surface area contributed by atoms with E-state index in [1.54, 1.807) is 12.1 Å². The lowest BCUT2D eigenvalue weighted by atomic mass is 10.1. The number of hydrogen-bond donors (Lipinski definition) is 0. The quantitative estimate of drug-likeness (QED) is 0.806. The van der Waals surface area contributed by atoms with Crippen LogP contribution in [0.2, 0.25) is 0 Å². The fourth-order valence-corrected chi connectivity index (χ4v) is 2.01. The molecule has 1 aromatic carbocycles. The number of rotatable bonds is 3. The highest BCUT2D eigenvalue weighted by molar-refractivity contribution is 9.10. The van der Waals surface area contributed by atoms with Crippen molar-refractivity contribution >= 4 is 15.9 Å². The van der Waals surface area contributed by atoms with Crippen molar-refractivity contribution in [3.05, 3.63) is 52.3 Å². The monoisotopic (exact) mass is 282 g/mol. The van der Waals surface area contributed by atoms with Gasteiger partial charge in [-0.15, -0.1) is 0 Å². The van der Waals surface area contributed by atoms with Crippen LogP contribution >= 0.6 is 15.9 Å². The topological polar surface area (TPSA) is 9.23 Å². The maximum absolute atomic E-state index is 13.4. The Kier molecular flexibility index (Phi) is 3.78. The largest absolute Gasteiger partial charge is 0.485 e. The van der Waals surface area contributed by atoms with Crippen molar-refractivity contribution in [2.45, 2.75) is 12.8 Å². The third-order valence-corrected chi connectivity index (χ3v) is 3.00. The molecule has 2 rings (SSSR count). The number of ether oxygens (including phenoxy) is 1. The minimum Gasteiger partial charge on any atom is -0.485 e. The summed E-state index contributed by atoms with van der Waals surface area (Å²) in [7, 11) is 0. The van der Waals surface area contributed by atoms with E-state index < -0.39 is 0 Å². The Balaban J connectivity index is 2.04. The molecule has 1 aliphatic carbocycles. The molecule has 0 amide bonds. The number of allylic oxidation sites excluding steroid dienone is 2. The zero-order valence-corrected chi connectivity index (χ0v) is 10.3. The Hall–Kier alpha value is -1.09. The Labute approximate surface area is 103 Å². The van der Waals surface area contributed by atoms with Crippen molar-refractivity contribution in [1.82, 2.24) is 0 Å². The summed E-state index contributed by atoms with van der Waals surface area (Å²) in [5.41, 5.74) is 1.10. The average molecular weight is 283 g/mol. The lowest BCUT2D eigenvalue weighted by Crippen LogP contribution is -2.03. The molecule has 84 valence electrons. The van der Waals surface area contributed by atoms with Gasteiger partial charge in [0.2, 0.25) is 0 Å². The standard InChI is InChI=1S/C13H12BrFO/c14-11-7-4-8-12(15)13(11)16-9-10-5-2-1-3-6-10/h2,4-8H,1,3,9H2. The van der Waals surface area contributed by atoms with Crippen LogP contribution in [-0.4, -0.2) is 6.61 Å². The minimum atomic E-state index is -0.338. The minimum absolute atomic E-state index is 0.280. The van der Waals surface area contributed by atoms with E-state index in [1.807, 2.05) is 6.08 Å². The van der Waals surface area contributed by atoms with Gasteiger partial charge in [0, 0.05) is 0 Å². The zero-order chi connectivity index (χ0) is 11.4. The van der Waals surface area contributed by atoms with Crippen LogP contribution in [0.15, 0.2) is 46.5 Å². The van der Waals surface area contributed by atoms with Crippen molar-refractivity contribution in [2.24, 2.45) is 0 Å². The van der Waals surface area contributed by atoms with Crippen molar-refractivity contribution in [2.75, 3.05) is 6.61 Å². The van der Waals surface area contributed by atoms with Crippen LogP contribution < -0.4 is 4.74 Å². The third-order valence-electron chi connectivity index (χ3n) is 2.37. The summed E-state index contributed by atoms with van der Waals surface area (Å²) in [6.07, 6.45) is 8.36. The highest BCUT2D eigenvalue weighted by atomic mass is 79.9. The van der Waals surface area contributed by atoms with Gasteiger partial charge in [-0.1, -0.05) is 24.3 Å². The summed E-state index contributed by atoms with van der Waals surface area (Å²) >= 11 is 3.27. The normalized spacial score (nSPS) is 14.8. The molecule has 0 radical (unpaired) electrons. The smallest absolute Gasteiger partial charge is 0.169 e. The van der Waals surface area contributed by atoms with Gasteiger partial charge in [-0.2, -0.15) is 0 Å². The van der Waals surface area contributed by atoms with E-state index in [-0.39, 0.29) is 11.6 Å². The summed E-state index contributed by atoms with van der Waals surface area (Å²) in [5, 5.41) is 0. The highest BCUT2D eigenvalue weighted by Gasteiger charge is 2.08. The lowest BCUT2D eigenvalue weighted by Gasteiger charge is -2.11. The summed E-state index contributed by atoms with van der Waals surface area (Å²) in [6.45, 7) is 0.413. The van der Waals surface area contributed by atoms with E-state index in [0.717, 1.165) is 18.4 Å². The Morgan fingerprint density at radius 2 is 2.19 bits per heavy atom. The van der Waals surface area contributed by atoms with Crippen LogP contribution in [0.3, 0.4) is 0 Å². The van der Waals surface area contributed by atoms with Gasteiger partial charge in [-0.25, -0.2) is 4.39 Å². The number of benzene rings is 1. The maximum atomic E-state index is 13.4. The van der Waals surface area contributed by atoms with E-state index in [9.17, 15) is 4.39 Å². The Morgan fingerprint density at radius 1 is 1.31 bits per heavy atom. The van der Waals surface area contributed by atoms with Gasteiger partial charge >= 0.3 is 0 Å². The predicted octanol–water partition coefficient (Wildman–Crippen LogP) is 4.24. The van der Waals surface area contributed by atoms with Gasteiger partial charge < -0.3 is 4.74 Å². The first-order valence-electron chi connectivity index (χ1n) is 5.20. The number of hydrogen-bond acceptors (Lipinski definition) is 1. The molecule has 0 aromatic heterocycles. The Bertz CT molecular complexity index is 417. The molecule has 0 spiro atoms. The molecule has 0 N–H and O–H groups in total. The van der Waals surface area contributed by atoms with E-state index in [1.165, 1.54) is 6.07 Å². The van der Waals surface area contributed by atoms with Gasteiger partial charge in [-0.05, 0) is 46.5 Å². The SMILES string of the molecule is Fc1cccc(Br)c1OCC1=CCCC=C1. The van der Waals surface area contributed by atoms with Crippen molar-refractivity contribution in [1.29, 1.82) is 0 Å². The fraction of sp³-hybridized carbons (Fsp3) is 0.231. The van der Waals surface area contributed by atoms with E-state index in [4.69, 9.17) is 4.74 Å². The first-order valence-corrected chi connectivity index (χ1v) is 5.99. The van der Waals surface area contributed by atoms with Crippen molar-refractivity contribution in [3.8, 4) is 5.75 Å². The number of halogens is 2. The third kappa shape index (κ3) is 2.73. The van der Waals surface area contributed by atoms with E-state index >= 15 is 0 Å². The van der Waals surface area contributed by atoms with Gasteiger partial charge in [0.25, 0.3) is 0 Å². The van der Waals surface area contributed by atoms with Crippen molar-refractivity contribution < 1.29 is 9.13 Å². The molecule has 0 atom stereocenters. The molecule has 16 heavy (non-hydrogen) atoms. The summed E-state index contributed by atoms with van der Waals surface area (Å²) in [4.78, 5) is 0. The van der Waals surface area contributed by atoms with Gasteiger partial charge in [0.05, 0.1) is 4.47 Å². The molecular formula is C13H12BrFO.